The third-order valence-corrected chi connectivity index (χ3v) is 5.03. The van der Waals surface area contributed by atoms with Crippen molar-refractivity contribution < 1.29 is 19.5 Å². The largest absolute Gasteiger partial charge is 0.475 e. The number of carbonyl (C=O) groups is 3. The summed E-state index contributed by atoms with van der Waals surface area (Å²) in [4.78, 5) is 34.4. The molecule has 2 rings (SSSR count). The van der Waals surface area contributed by atoms with Crippen molar-refractivity contribution >= 4 is 17.5 Å². The van der Waals surface area contributed by atoms with Crippen LogP contribution in [0.4, 0.5) is 0 Å². The van der Waals surface area contributed by atoms with Gasteiger partial charge in [0.25, 0.3) is 5.78 Å². The average molecular weight is 224 g/mol. The highest BCUT2D eigenvalue weighted by Gasteiger charge is 2.68. The smallest absolute Gasteiger partial charge is 0.372 e. The molecule has 3 atom stereocenters. The number of carboxylic acids is 1. The predicted octanol–water partition coefficient (Wildman–Crippen LogP) is 1.28. The molecule has 0 saturated heterocycles. The fourth-order valence-corrected chi connectivity index (χ4v) is 3.52. The first-order chi connectivity index (χ1) is 7.23. The molecule has 2 saturated carbocycles. The van der Waals surface area contributed by atoms with Crippen molar-refractivity contribution in [2.45, 2.75) is 33.6 Å². The Bertz CT molecular complexity index is 396. The van der Waals surface area contributed by atoms with Crippen molar-refractivity contribution in [3.05, 3.63) is 0 Å². The van der Waals surface area contributed by atoms with E-state index in [2.05, 4.69) is 0 Å². The van der Waals surface area contributed by atoms with Gasteiger partial charge in [0.1, 0.15) is 0 Å². The number of ketones is 2. The topological polar surface area (TPSA) is 71.4 Å². The van der Waals surface area contributed by atoms with Gasteiger partial charge < -0.3 is 5.11 Å². The highest BCUT2D eigenvalue weighted by atomic mass is 16.4. The lowest BCUT2D eigenvalue weighted by Crippen LogP contribution is -2.37. The second-order valence-corrected chi connectivity index (χ2v) is 5.71. The molecule has 2 aliphatic carbocycles. The van der Waals surface area contributed by atoms with E-state index in [4.69, 9.17) is 5.11 Å². The van der Waals surface area contributed by atoms with Gasteiger partial charge in [0.05, 0.1) is 5.92 Å². The molecule has 0 amide bonds. The maximum atomic E-state index is 12.2. The molecule has 1 N–H and O–H groups in total. The average Bonchev–Trinajstić information content (AvgIpc) is 2.48. The van der Waals surface area contributed by atoms with Crippen LogP contribution in [-0.4, -0.2) is 22.6 Å². The van der Waals surface area contributed by atoms with Crippen molar-refractivity contribution in [3.8, 4) is 0 Å². The zero-order chi connectivity index (χ0) is 12.3. The van der Waals surface area contributed by atoms with Crippen LogP contribution in [0, 0.1) is 22.7 Å². The molecular formula is C12H16O4. The minimum atomic E-state index is -1.48. The summed E-state index contributed by atoms with van der Waals surface area (Å²) < 4.78 is 0. The van der Waals surface area contributed by atoms with Crippen LogP contribution in [0.3, 0.4) is 0 Å². The van der Waals surface area contributed by atoms with Gasteiger partial charge in [0.2, 0.25) is 0 Å². The van der Waals surface area contributed by atoms with Crippen LogP contribution in [0.2, 0.25) is 0 Å². The molecule has 0 aromatic carbocycles. The van der Waals surface area contributed by atoms with Gasteiger partial charge >= 0.3 is 5.97 Å². The highest BCUT2D eigenvalue weighted by molar-refractivity contribution is 6.38. The minimum Gasteiger partial charge on any atom is -0.475 e. The first-order valence-electron chi connectivity index (χ1n) is 5.55. The molecule has 0 heterocycles. The second-order valence-electron chi connectivity index (χ2n) is 5.71. The van der Waals surface area contributed by atoms with Crippen LogP contribution in [0.5, 0.6) is 0 Å². The Hall–Kier alpha value is -1.19. The van der Waals surface area contributed by atoms with Gasteiger partial charge in [-0.15, -0.1) is 0 Å². The fourth-order valence-electron chi connectivity index (χ4n) is 3.52. The van der Waals surface area contributed by atoms with Gasteiger partial charge in [-0.2, -0.15) is 0 Å². The van der Waals surface area contributed by atoms with E-state index in [9.17, 15) is 14.4 Å². The van der Waals surface area contributed by atoms with Crippen LogP contribution in [0.1, 0.15) is 33.6 Å². The first kappa shape index (κ1) is 11.3. The fraction of sp³-hybridized carbons (Fsp3) is 0.750. The van der Waals surface area contributed by atoms with E-state index in [1.54, 1.807) is 0 Å². The number of fused-ring (bicyclic) bond motifs is 2. The van der Waals surface area contributed by atoms with Gasteiger partial charge in [0, 0.05) is 5.41 Å². The summed E-state index contributed by atoms with van der Waals surface area (Å²) in [5.41, 5.74) is -0.784. The van der Waals surface area contributed by atoms with E-state index in [0.29, 0.717) is 0 Å². The second kappa shape index (κ2) is 2.93. The monoisotopic (exact) mass is 224 g/mol. The number of hydrogen-bond donors (Lipinski definition) is 1. The summed E-state index contributed by atoms with van der Waals surface area (Å²) in [6.07, 6.45) is 1.55. The molecule has 2 bridgehead atoms. The van der Waals surface area contributed by atoms with Gasteiger partial charge in [-0.05, 0) is 24.2 Å². The zero-order valence-electron chi connectivity index (χ0n) is 9.74. The molecule has 0 radical (unpaired) electrons. The molecule has 0 aromatic heterocycles. The number of rotatable bonds is 2. The molecule has 4 nitrogen and oxygen atoms in total. The summed E-state index contributed by atoms with van der Waals surface area (Å²) in [5.74, 6) is -3.59. The van der Waals surface area contributed by atoms with Crippen LogP contribution in [0.25, 0.3) is 0 Å². The van der Waals surface area contributed by atoms with Crippen molar-refractivity contribution in [3.63, 3.8) is 0 Å². The Balaban J connectivity index is 2.44. The quantitative estimate of drug-likeness (QED) is 0.566. The molecule has 2 aliphatic rings. The molecule has 0 aliphatic heterocycles. The van der Waals surface area contributed by atoms with Gasteiger partial charge in [-0.25, -0.2) is 4.79 Å². The lowest BCUT2D eigenvalue weighted by Gasteiger charge is -2.32. The van der Waals surface area contributed by atoms with E-state index in [1.165, 1.54) is 0 Å². The van der Waals surface area contributed by atoms with E-state index < -0.39 is 23.1 Å². The number of aliphatic carboxylic acids is 1. The number of hydrogen-bond acceptors (Lipinski definition) is 3. The molecule has 4 heteroatoms. The number of carboxylic acid groups (broad SMARTS) is 1. The molecular weight excluding hydrogens is 208 g/mol. The van der Waals surface area contributed by atoms with Crippen LogP contribution in [0.15, 0.2) is 0 Å². The van der Waals surface area contributed by atoms with Crippen molar-refractivity contribution in [2.24, 2.45) is 22.7 Å². The molecule has 0 spiro atoms. The summed E-state index contributed by atoms with van der Waals surface area (Å²) in [6.45, 7) is 5.81. The third kappa shape index (κ3) is 1.02. The lowest BCUT2D eigenvalue weighted by molar-refractivity contribution is -0.154. The first-order valence-corrected chi connectivity index (χ1v) is 5.55. The Kier molecular flexibility index (Phi) is 2.07. The lowest BCUT2D eigenvalue weighted by atomic mass is 9.70. The van der Waals surface area contributed by atoms with Gasteiger partial charge in [-0.1, -0.05) is 20.8 Å². The SMILES string of the molecule is CC1(C)[C@@H]2CC[C@@]1(C)C(=O)[C@@H]2C(=O)C(=O)O. The van der Waals surface area contributed by atoms with Gasteiger partial charge in [-0.3, -0.25) is 9.59 Å². The number of Topliss-reactive ketones (excluding diaryl/α,β-unsaturated/α-hetero) is 2. The Morgan fingerprint density at radius 3 is 2.25 bits per heavy atom. The van der Waals surface area contributed by atoms with Crippen molar-refractivity contribution in [1.29, 1.82) is 0 Å². The highest BCUT2D eigenvalue weighted by Crippen LogP contribution is 2.65. The van der Waals surface area contributed by atoms with Crippen molar-refractivity contribution in [1.82, 2.24) is 0 Å². The molecule has 16 heavy (non-hydrogen) atoms. The zero-order valence-corrected chi connectivity index (χ0v) is 9.74. The Morgan fingerprint density at radius 2 is 1.88 bits per heavy atom. The molecule has 88 valence electrons. The van der Waals surface area contributed by atoms with Crippen molar-refractivity contribution in [2.75, 3.05) is 0 Å². The third-order valence-electron chi connectivity index (χ3n) is 5.03. The van der Waals surface area contributed by atoms with E-state index in [0.717, 1.165) is 12.8 Å². The Labute approximate surface area is 94.0 Å². The summed E-state index contributed by atoms with van der Waals surface area (Å²) in [5, 5.41) is 8.74. The maximum absolute atomic E-state index is 12.2. The summed E-state index contributed by atoms with van der Waals surface area (Å²) >= 11 is 0. The van der Waals surface area contributed by atoms with E-state index >= 15 is 0 Å². The van der Waals surface area contributed by atoms with Crippen LogP contribution in [-0.2, 0) is 14.4 Å². The molecule has 0 unspecified atom stereocenters. The maximum Gasteiger partial charge on any atom is 0.372 e. The predicted molar refractivity (Wildman–Crippen MR) is 55.8 cm³/mol. The standard InChI is InChI=1S/C12H16O4/c1-11(2)6-4-5-12(11,3)9(14)7(6)8(13)10(15)16/h6-7H,4-5H2,1-3H3,(H,15,16)/t6-,7+,12+/m1/s1. The molecule has 0 aromatic rings. The normalized spacial score (nSPS) is 40.1. The minimum absolute atomic E-state index is 0.103. The van der Waals surface area contributed by atoms with Gasteiger partial charge in [0.15, 0.2) is 5.78 Å². The molecule has 2 fully saturated rings. The van der Waals surface area contributed by atoms with E-state index in [1.807, 2.05) is 20.8 Å². The van der Waals surface area contributed by atoms with Crippen LogP contribution < -0.4 is 0 Å². The summed E-state index contributed by atoms with van der Waals surface area (Å²) in [7, 11) is 0. The Morgan fingerprint density at radius 1 is 1.31 bits per heavy atom. The van der Waals surface area contributed by atoms with Crippen LogP contribution >= 0.6 is 0 Å². The number of carbonyl (C=O) groups excluding carboxylic acids is 2. The summed E-state index contributed by atoms with van der Waals surface area (Å²) in [6, 6.07) is 0. The van der Waals surface area contributed by atoms with E-state index in [-0.39, 0.29) is 17.1 Å².